The molecule has 0 aliphatic heterocycles. The molecule has 0 N–H and O–H groups in total. The van der Waals surface area contributed by atoms with E-state index in [-0.39, 0.29) is 0 Å². The van der Waals surface area contributed by atoms with Gasteiger partial charge in [-0.3, -0.25) is 3.97 Å². The first-order chi connectivity index (χ1) is 11.5. The van der Waals surface area contributed by atoms with E-state index >= 15 is 0 Å². The third kappa shape index (κ3) is 4.03. The van der Waals surface area contributed by atoms with Crippen LogP contribution in [0, 0.1) is 0 Å². The number of nitrogens with zero attached hydrogens (tertiary/aromatic N) is 1. The summed E-state index contributed by atoms with van der Waals surface area (Å²) in [4.78, 5) is 1.21. The smallest absolute Gasteiger partial charge is 0.162 e. The largest absolute Gasteiger partial charge is 0.354 e. The summed E-state index contributed by atoms with van der Waals surface area (Å²) in [7, 11) is 1.65. The first-order valence-electron chi connectivity index (χ1n) is 7.70. The van der Waals surface area contributed by atoms with Crippen molar-refractivity contribution in [3.63, 3.8) is 0 Å². The molecular formula is C19H20BrNO2S. The molecule has 0 radical (unpaired) electrons. The molecule has 5 heteroatoms. The van der Waals surface area contributed by atoms with E-state index in [2.05, 4.69) is 68.6 Å². The van der Waals surface area contributed by atoms with Crippen LogP contribution in [0.4, 0.5) is 0 Å². The number of ether oxygens (including phenoxy) is 2. The quantitative estimate of drug-likeness (QED) is 0.479. The summed E-state index contributed by atoms with van der Waals surface area (Å²) in [6.07, 6.45) is 2.10. The van der Waals surface area contributed by atoms with Gasteiger partial charge in [0.15, 0.2) is 5.79 Å². The summed E-state index contributed by atoms with van der Waals surface area (Å²) in [5.41, 5.74) is 2.28. The summed E-state index contributed by atoms with van der Waals surface area (Å²) in [5.74, 6) is -0.594. The molecule has 1 aromatic heterocycles. The minimum absolute atomic E-state index is 0.494. The van der Waals surface area contributed by atoms with Gasteiger partial charge in [-0.1, -0.05) is 34.1 Å². The number of halogens is 1. The Labute approximate surface area is 155 Å². The molecule has 0 aliphatic rings. The molecule has 0 saturated carbocycles. The van der Waals surface area contributed by atoms with Crippen LogP contribution in [0.5, 0.6) is 0 Å². The summed E-state index contributed by atoms with van der Waals surface area (Å²) in [5, 5.41) is 1.19. The van der Waals surface area contributed by atoms with E-state index < -0.39 is 5.79 Å². The topological polar surface area (TPSA) is 23.4 Å². The van der Waals surface area contributed by atoms with Gasteiger partial charge < -0.3 is 9.47 Å². The normalized spacial score (nSPS) is 12.0. The average Bonchev–Trinajstić information content (AvgIpc) is 2.95. The number of hydrogen-bond acceptors (Lipinski definition) is 3. The van der Waals surface area contributed by atoms with Crippen molar-refractivity contribution in [3.8, 4) is 0 Å². The molecule has 24 heavy (non-hydrogen) atoms. The maximum Gasteiger partial charge on any atom is 0.162 e. The molecule has 0 unspecified atom stereocenters. The van der Waals surface area contributed by atoms with Crippen molar-refractivity contribution in [1.29, 1.82) is 0 Å². The highest BCUT2D eigenvalue weighted by molar-refractivity contribution is 9.10. The Morgan fingerprint density at radius 2 is 1.88 bits per heavy atom. The number of fused-ring (bicyclic) bond motifs is 1. The first-order valence-corrected chi connectivity index (χ1v) is 9.27. The minimum atomic E-state index is -0.594. The van der Waals surface area contributed by atoms with Gasteiger partial charge >= 0.3 is 0 Å². The van der Waals surface area contributed by atoms with E-state index in [1.165, 1.54) is 15.8 Å². The van der Waals surface area contributed by atoms with Crippen molar-refractivity contribution >= 4 is 38.8 Å². The fourth-order valence-electron chi connectivity index (χ4n) is 2.27. The van der Waals surface area contributed by atoms with Gasteiger partial charge in [-0.05, 0) is 61.7 Å². The van der Waals surface area contributed by atoms with Gasteiger partial charge in [0.2, 0.25) is 0 Å². The van der Waals surface area contributed by atoms with Crippen molar-refractivity contribution < 1.29 is 9.47 Å². The van der Waals surface area contributed by atoms with E-state index in [0.29, 0.717) is 6.61 Å². The Kier molecular flexibility index (Phi) is 5.35. The Balaban J connectivity index is 1.85. The van der Waals surface area contributed by atoms with Crippen LogP contribution in [0.15, 0.2) is 64.1 Å². The second-order valence-electron chi connectivity index (χ2n) is 5.94. The first kappa shape index (κ1) is 17.5. The lowest BCUT2D eigenvalue weighted by Gasteiger charge is -2.23. The highest BCUT2D eigenvalue weighted by Gasteiger charge is 2.17. The van der Waals surface area contributed by atoms with Crippen molar-refractivity contribution in [3.05, 3.63) is 64.8 Å². The van der Waals surface area contributed by atoms with Crippen LogP contribution in [0.25, 0.3) is 10.9 Å². The fourth-order valence-corrected chi connectivity index (χ4v) is 3.60. The SMILES string of the molecule is COC(C)(C)OCc1cc2ccn(Sc3ccccc3)c2cc1Br. The number of benzene rings is 2. The summed E-state index contributed by atoms with van der Waals surface area (Å²) >= 11 is 5.37. The molecular weight excluding hydrogens is 386 g/mol. The van der Waals surface area contributed by atoms with Crippen LogP contribution in [0.2, 0.25) is 0 Å². The fraction of sp³-hybridized carbons (Fsp3) is 0.263. The van der Waals surface area contributed by atoms with Crippen LogP contribution < -0.4 is 0 Å². The van der Waals surface area contributed by atoms with Gasteiger partial charge in [0.1, 0.15) is 0 Å². The van der Waals surface area contributed by atoms with Crippen molar-refractivity contribution in [1.82, 2.24) is 3.97 Å². The highest BCUT2D eigenvalue weighted by atomic mass is 79.9. The predicted octanol–water partition coefficient (Wildman–Crippen LogP) is 5.86. The van der Waals surface area contributed by atoms with Gasteiger partial charge in [0, 0.05) is 28.1 Å². The van der Waals surface area contributed by atoms with E-state index in [1.54, 1.807) is 19.1 Å². The third-order valence-electron chi connectivity index (χ3n) is 3.84. The zero-order chi connectivity index (χ0) is 17.2. The number of aromatic nitrogens is 1. The Hall–Kier alpha value is -1.27. The standard InChI is InChI=1S/C19H20BrNO2S/c1-19(2,22-3)23-13-15-11-14-9-10-21(18(14)12-17(15)20)24-16-7-5-4-6-8-16/h4-12H,13H2,1-3H3. The number of rotatable bonds is 6. The minimum Gasteiger partial charge on any atom is -0.354 e. The van der Waals surface area contributed by atoms with Gasteiger partial charge in [0.05, 0.1) is 12.1 Å². The van der Waals surface area contributed by atoms with Crippen LogP contribution in [-0.4, -0.2) is 16.9 Å². The molecule has 0 atom stereocenters. The van der Waals surface area contributed by atoms with Gasteiger partial charge in [0.25, 0.3) is 0 Å². The number of hydrogen-bond donors (Lipinski definition) is 0. The molecule has 1 heterocycles. The van der Waals surface area contributed by atoms with Crippen molar-refractivity contribution in [2.75, 3.05) is 7.11 Å². The maximum absolute atomic E-state index is 5.83. The van der Waals surface area contributed by atoms with E-state index in [0.717, 1.165) is 10.0 Å². The highest BCUT2D eigenvalue weighted by Crippen LogP contribution is 2.31. The van der Waals surface area contributed by atoms with Crippen molar-refractivity contribution in [2.45, 2.75) is 31.1 Å². The van der Waals surface area contributed by atoms with E-state index in [9.17, 15) is 0 Å². The van der Waals surface area contributed by atoms with Gasteiger partial charge in [-0.2, -0.15) is 0 Å². The summed E-state index contributed by atoms with van der Waals surface area (Å²) in [6.45, 7) is 4.31. The zero-order valence-corrected chi connectivity index (χ0v) is 16.4. The van der Waals surface area contributed by atoms with Gasteiger partial charge in [-0.15, -0.1) is 0 Å². The summed E-state index contributed by atoms with van der Waals surface area (Å²) < 4.78 is 14.4. The van der Waals surface area contributed by atoms with Crippen molar-refractivity contribution in [2.24, 2.45) is 0 Å². The third-order valence-corrected chi connectivity index (χ3v) is 5.57. The monoisotopic (exact) mass is 405 g/mol. The molecule has 126 valence electrons. The predicted molar refractivity (Wildman–Crippen MR) is 103 cm³/mol. The molecule has 0 amide bonds. The molecule has 0 saturated heterocycles. The summed E-state index contributed by atoms with van der Waals surface area (Å²) in [6, 6.07) is 16.8. The Morgan fingerprint density at radius 1 is 1.12 bits per heavy atom. The molecule has 3 aromatic rings. The average molecular weight is 406 g/mol. The van der Waals surface area contributed by atoms with Crippen LogP contribution in [0.1, 0.15) is 19.4 Å². The molecule has 0 bridgehead atoms. The Bertz CT molecular complexity index is 830. The maximum atomic E-state index is 5.83. The van der Waals surface area contributed by atoms with E-state index in [1.807, 2.05) is 19.9 Å². The number of methoxy groups -OCH3 is 1. The lowest BCUT2D eigenvalue weighted by molar-refractivity contribution is -0.204. The van der Waals surface area contributed by atoms with Crippen LogP contribution in [-0.2, 0) is 16.1 Å². The molecule has 0 aliphatic carbocycles. The molecule has 3 rings (SSSR count). The van der Waals surface area contributed by atoms with Crippen LogP contribution >= 0.6 is 27.9 Å². The lowest BCUT2D eigenvalue weighted by atomic mass is 10.1. The lowest BCUT2D eigenvalue weighted by Crippen LogP contribution is -2.26. The molecule has 3 nitrogen and oxygen atoms in total. The molecule has 2 aromatic carbocycles. The molecule has 0 fully saturated rings. The van der Waals surface area contributed by atoms with E-state index in [4.69, 9.17) is 9.47 Å². The van der Waals surface area contributed by atoms with Crippen LogP contribution in [0.3, 0.4) is 0 Å². The Morgan fingerprint density at radius 3 is 2.58 bits per heavy atom. The second-order valence-corrected chi connectivity index (χ2v) is 7.84. The molecule has 0 spiro atoms. The second kappa shape index (κ2) is 7.31. The zero-order valence-electron chi connectivity index (χ0n) is 14.0. The van der Waals surface area contributed by atoms with Gasteiger partial charge in [-0.25, -0.2) is 0 Å².